The molecule has 0 bridgehead atoms. The normalized spacial score (nSPS) is 23.5. The maximum Gasteiger partial charge on any atom is 0.146 e. The molecule has 0 aromatic carbocycles. The van der Waals surface area contributed by atoms with Gasteiger partial charge in [-0.2, -0.15) is 0 Å². The molecule has 6 heteroatoms. The van der Waals surface area contributed by atoms with Crippen molar-refractivity contribution in [2.45, 2.75) is 62.3 Å². The Morgan fingerprint density at radius 1 is 1.33 bits per heavy atom. The third-order valence-corrected chi connectivity index (χ3v) is 5.90. The summed E-state index contributed by atoms with van der Waals surface area (Å²) in [6, 6.07) is 0. The van der Waals surface area contributed by atoms with Crippen LogP contribution >= 0.6 is 0 Å². The van der Waals surface area contributed by atoms with Gasteiger partial charge in [-0.25, -0.2) is 9.97 Å². The lowest BCUT2D eigenvalue weighted by Gasteiger charge is -2.42. The van der Waals surface area contributed by atoms with Crippen molar-refractivity contribution in [1.29, 1.82) is 0 Å². The zero-order valence-electron chi connectivity index (χ0n) is 13.0. The molecule has 1 aromatic rings. The zero-order chi connectivity index (χ0) is 15.3. The van der Waals surface area contributed by atoms with E-state index in [4.69, 9.17) is 10.7 Å². The molecule has 3 N–H and O–H groups in total. The SMILES string of the molecule is CC(C)(C)c1nc2c(c(NC3(CN)CCC3)n1)S(=O)CC2. The fraction of sp³-hybridized carbons (Fsp3) is 0.733. The molecule has 116 valence electrons. The molecular formula is C15H24N4OS. The van der Waals surface area contributed by atoms with Crippen molar-refractivity contribution in [3.63, 3.8) is 0 Å². The summed E-state index contributed by atoms with van der Waals surface area (Å²) in [6.45, 7) is 6.90. The first-order chi connectivity index (χ1) is 9.85. The molecule has 0 spiro atoms. The van der Waals surface area contributed by atoms with Crippen LogP contribution in [0, 0.1) is 0 Å². The van der Waals surface area contributed by atoms with E-state index in [9.17, 15) is 4.21 Å². The molecule has 2 heterocycles. The van der Waals surface area contributed by atoms with Crippen LogP contribution in [0.25, 0.3) is 0 Å². The number of hydrogen-bond acceptors (Lipinski definition) is 5. The quantitative estimate of drug-likeness (QED) is 0.889. The summed E-state index contributed by atoms with van der Waals surface area (Å²) in [5.74, 6) is 2.22. The van der Waals surface area contributed by atoms with Crippen molar-refractivity contribution in [3.8, 4) is 0 Å². The van der Waals surface area contributed by atoms with Crippen LogP contribution in [0.2, 0.25) is 0 Å². The van der Waals surface area contributed by atoms with Crippen molar-refractivity contribution < 1.29 is 4.21 Å². The third kappa shape index (κ3) is 2.59. The third-order valence-electron chi connectivity index (χ3n) is 4.44. The first-order valence-corrected chi connectivity index (χ1v) is 8.95. The number of nitrogens with two attached hydrogens (primary N) is 1. The lowest BCUT2D eigenvalue weighted by atomic mass is 9.77. The van der Waals surface area contributed by atoms with Gasteiger partial charge in [-0.05, 0) is 19.3 Å². The van der Waals surface area contributed by atoms with Crippen LogP contribution in [0.5, 0.6) is 0 Å². The molecule has 1 aliphatic heterocycles. The highest BCUT2D eigenvalue weighted by molar-refractivity contribution is 7.85. The molecule has 0 amide bonds. The van der Waals surface area contributed by atoms with E-state index < -0.39 is 10.8 Å². The average Bonchev–Trinajstić information content (AvgIpc) is 2.75. The molecule has 1 fully saturated rings. The number of anilines is 1. The van der Waals surface area contributed by atoms with E-state index in [-0.39, 0.29) is 11.0 Å². The van der Waals surface area contributed by atoms with E-state index in [1.807, 2.05) is 0 Å². The van der Waals surface area contributed by atoms with Gasteiger partial charge in [0.1, 0.15) is 16.5 Å². The second kappa shape index (κ2) is 5.02. The number of aromatic nitrogens is 2. The molecule has 1 atom stereocenters. The van der Waals surface area contributed by atoms with Gasteiger partial charge >= 0.3 is 0 Å². The first-order valence-electron chi connectivity index (χ1n) is 7.63. The molecule has 1 unspecified atom stereocenters. The Morgan fingerprint density at radius 3 is 2.57 bits per heavy atom. The molecular weight excluding hydrogens is 284 g/mol. The van der Waals surface area contributed by atoms with E-state index >= 15 is 0 Å². The van der Waals surface area contributed by atoms with Gasteiger partial charge in [-0.15, -0.1) is 0 Å². The highest BCUT2D eigenvalue weighted by atomic mass is 32.2. The second-order valence-corrected chi connectivity index (χ2v) is 8.69. The second-order valence-electron chi connectivity index (χ2n) is 7.18. The number of nitrogens with zero attached hydrogens (tertiary/aromatic N) is 2. The van der Waals surface area contributed by atoms with E-state index in [2.05, 4.69) is 31.1 Å². The monoisotopic (exact) mass is 308 g/mol. The fourth-order valence-electron chi connectivity index (χ4n) is 2.85. The van der Waals surface area contributed by atoms with Gasteiger partial charge in [0.05, 0.1) is 22.0 Å². The molecule has 3 rings (SSSR count). The predicted molar refractivity (Wildman–Crippen MR) is 85.0 cm³/mol. The lowest BCUT2D eigenvalue weighted by Crippen LogP contribution is -2.51. The zero-order valence-corrected chi connectivity index (χ0v) is 13.8. The maximum atomic E-state index is 12.3. The number of aryl methyl sites for hydroxylation is 1. The molecule has 1 aliphatic carbocycles. The summed E-state index contributed by atoms with van der Waals surface area (Å²) in [6.07, 6.45) is 4.07. The van der Waals surface area contributed by atoms with E-state index in [1.165, 1.54) is 6.42 Å². The number of hydrogen-bond donors (Lipinski definition) is 2. The molecule has 0 radical (unpaired) electrons. The summed E-state index contributed by atoms with van der Waals surface area (Å²) >= 11 is 0. The summed E-state index contributed by atoms with van der Waals surface area (Å²) in [7, 11) is -0.987. The minimum Gasteiger partial charge on any atom is -0.362 e. The number of fused-ring (bicyclic) bond motifs is 1. The van der Waals surface area contributed by atoms with Gasteiger partial charge in [0.25, 0.3) is 0 Å². The molecule has 5 nitrogen and oxygen atoms in total. The highest BCUT2D eigenvalue weighted by Gasteiger charge is 2.38. The number of nitrogens with one attached hydrogen (secondary N) is 1. The van der Waals surface area contributed by atoms with E-state index in [0.29, 0.717) is 12.3 Å². The summed E-state index contributed by atoms with van der Waals surface area (Å²) < 4.78 is 12.3. The molecule has 2 aliphatic rings. The van der Waals surface area contributed by atoms with Gasteiger partial charge in [-0.3, -0.25) is 4.21 Å². The van der Waals surface area contributed by atoms with Crippen molar-refractivity contribution in [2.24, 2.45) is 5.73 Å². The van der Waals surface area contributed by atoms with Gasteiger partial charge in [0.2, 0.25) is 0 Å². The summed E-state index contributed by atoms with van der Waals surface area (Å²) in [5.41, 5.74) is 6.70. The fourth-order valence-corrected chi connectivity index (χ4v) is 4.16. The van der Waals surface area contributed by atoms with E-state index in [1.54, 1.807) is 0 Å². The van der Waals surface area contributed by atoms with E-state index in [0.717, 1.165) is 41.5 Å². The number of rotatable bonds is 3. The Balaban J connectivity index is 2.05. The topological polar surface area (TPSA) is 80.9 Å². The summed E-state index contributed by atoms with van der Waals surface area (Å²) in [5, 5.41) is 3.52. The molecule has 21 heavy (non-hydrogen) atoms. The van der Waals surface area contributed by atoms with Crippen molar-refractivity contribution in [3.05, 3.63) is 11.5 Å². The van der Waals surface area contributed by atoms with Crippen LogP contribution in [-0.4, -0.2) is 32.0 Å². The highest BCUT2D eigenvalue weighted by Crippen LogP contribution is 2.38. The Morgan fingerprint density at radius 2 is 2.05 bits per heavy atom. The van der Waals surface area contributed by atoms with Crippen molar-refractivity contribution in [2.75, 3.05) is 17.6 Å². The maximum absolute atomic E-state index is 12.3. The standard InChI is InChI=1S/C15H24N4OS/c1-14(2,3)13-17-10-5-8-21(20)11(10)12(18-13)19-15(9-16)6-4-7-15/h4-9,16H2,1-3H3,(H,17,18,19). The Labute approximate surface area is 128 Å². The molecule has 1 aromatic heterocycles. The van der Waals surface area contributed by atoms with Crippen LogP contribution < -0.4 is 11.1 Å². The Hall–Kier alpha value is -1.01. The van der Waals surface area contributed by atoms with Crippen LogP contribution in [0.3, 0.4) is 0 Å². The van der Waals surface area contributed by atoms with Crippen molar-refractivity contribution >= 4 is 16.6 Å². The Kier molecular flexibility index (Phi) is 3.56. The Bertz CT molecular complexity index is 585. The molecule has 0 saturated heterocycles. The molecule has 1 saturated carbocycles. The van der Waals surface area contributed by atoms with Gasteiger partial charge in [0.15, 0.2) is 0 Å². The minimum absolute atomic E-state index is 0.0654. The lowest BCUT2D eigenvalue weighted by molar-refractivity contribution is 0.285. The summed E-state index contributed by atoms with van der Waals surface area (Å²) in [4.78, 5) is 10.2. The van der Waals surface area contributed by atoms with Crippen molar-refractivity contribution in [1.82, 2.24) is 9.97 Å². The van der Waals surface area contributed by atoms with Crippen LogP contribution in [-0.2, 0) is 22.6 Å². The minimum atomic E-state index is -0.987. The van der Waals surface area contributed by atoms with Gasteiger partial charge in [-0.1, -0.05) is 20.8 Å². The van der Waals surface area contributed by atoms with Gasteiger partial charge in [0, 0.05) is 24.1 Å². The van der Waals surface area contributed by atoms with Crippen LogP contribution in [0.4, 0.5) is 5.82 Å². The smallest absolute Gasteiger partial charge is 0.146 e. The van der Waals surface area contributed by atoms with Crippen LogP contribution in [0.1, 0.15) is 51.6 Å². The largest absolute Gasteiger partial charge is 0.362 e. The van der Waals surface area contributed by atoms with Gasteiger partial charge < -0.3 is 11.1 Å². The first kappa shape index (κ1) is 14.9. The average molecular weight is 308 g/mol. The van der Waals surface area contributed by atoms with Crippen LogP contribution in [0.15, 0.2) is 4.90 Å². The predicted octanol–water partition coefficient (Wildman–Crippen LogP) is 1.73.